The van der Waals surface area contributed by atoms with Crippen molar-refractivity contribution in [1.29, 1.82) is 0 Å². The molecule has 3 rings (SSSR count). The molecule has 0 saturated carbocycles. The second kappa shape index (κ2) is 6.55. The first-order valence-corrected chi connectivity index (χ1v) is 6.69. The SMILES string of the molecule is Cl.O=C(O)C1CCC(c2ccc(-c3ccccc3)cc2)=N1. The van der Waals surface area contributed by atoms with E-state index >= 15 is 0 Å². The highest BCUT2D eigenvalue weighted by Gasteiger charge is 2.24. The minimum atomic E-state index is -0.832. The van der Waals surface area contributed by atoms with Gasteiger partial charge in [-0.15, -0.1) is 12.4 Å². The van der Waals surface area contributed by atoms with Gasteiger partial charge < -0.3 is 5.11 Å². The fourth-order valence-corrected chi connectivity index (χ4v) is 2.47. The van der Waals surface area contributed by atoms with Gasteiger partial charge in [0.25, 0.3) is 0 Å². The standard InChI is InChI=1S/C17H15NO2.ClH/c19-17(20)16-11-10-15(18-16)14-8-6-13(7-9-14)12-4-2-1-3-5-12;/h1-9,16H,10-11H2,(H,19,20);1H. The Morgan fingerprint density at radius 3 is 2.10 bits per heavy atom. The average Bonchev–Trinajstić information content (AvgIpc) is 2.98. The number of carboxylic acids is 1. The van der Waals surface area contributed by atoms with Gasteiger partial charge in [0.05, 0.1) is 0 Å². The van der Waals surface area contributed by atoms with Crippen molar-refractivity contribution in [2.24, 2.45) is 4.99 Å². The highest BCUT2D eigenvalue weighted by molar-refractivity contribution is 6.03. The van der Waals surface area contributed by atoms with Crippen molar-refractivity contribution >= 4 is 24.1 Å². The number of aliphatic carboxylic acids is 1. The third kappa shape index (κ3) is 3.31. The van der Waals surface area contributed by atoms with Crippen LogP contribution in [0, 0.1) is 0 Å². The minimum Gasteiger partial charge on any atom is -0.480 e. The summed E-state index contributed by atoms with van der Waals surface area (Å²) in [6.45, 7) is 0. The van der Waals surface area contributed by atoms with Crippen molar-refractivity contribution in [3.8, 4) is 11.1 Å². The van der Waals surface area contributed by atoms with Crippen LogP contribution in [0.4, 0.5) is 0 Å². The van der Waals surface area contributed by atoms with Crippen LogP contribution in [-0.4, -0.2) is 22.8 Å². The van der Waals surface area contributed by atoms with Gasteiger partial charge in [0.15, 0.2) is 0 Å². The molecule has 0 saturated heterocycles. The number of benzene rings is 2. The molecule has 1 aliphatic heterocycles. The number of hydrogen-bond donors (Lipinski definition) is 1. The van der Waals surface area contributed by atoms with Gasteiger partial charge in [0.2, 0.25) is 0 Å². The molecular weight excluding hydrogens is 286 g/mol. The van der Waals surface area contributed by atoms with Crippen molar-refractivity contribution in [3.05, 3.63) is 60.2 Å². The van der Waals surface area contributed by atoms with Gasteiger partial charge in [0.1, 0.15) is 6.04 Å². The molecule has 3 nitrogen and oxygen atoms in total. The Bertz CT molecular complexity index is 650. The summed E-state index contributed by atoms with van der Waals surface area (Å²) in [6, 6.07) is 17.8. The molecule has 1 unspecified atom stereocenters. The van der Waals surface area contributed by atoms with Crippen LogP contribution in [0.5, 0.6) is 0 Å². The van der Waals surface area contributed by atoms with Crippen LogP contribution in [0.15, 0.2) is 59.6 Å². The lowest BCUT2D eigenvalue weighted by molar-refractivity contribution is -0.138. The number of hydrogen-bond acceptors (Lipinski definition) is 2. The molecule has 0 spiro atoms. The van der Waals surface area contributed by atoms with Crippen LogP contribution in [0.2, 0.25) is 0 Å². The molecule has 0 amide bonds. The van der Waals surface area contributed by atoms with E-state index in [9.17, 15) is 4.79 Å². The van der Waals surface area contributed by atoms with E-state index in [0.717, 1.165) is 23.3 Å². The van der Waals surface area contributed by atoms with Crippen LogP contribution < -0.4 is 0 Å². The first-order chi connectivity index (χ1) is 9.74. The maximum absolute atomic E-state index is 10.9. The van der Waals surface area contributed by atoms with E-state index in [0.29, 0.717) is 6.42 Å². The molecule has 4 heteroatoms. The minimum absolute atomic E-state index is 0. The fourth-order valence-electron chi connectivity index (χ4n) is 2.47. The molecule has 2 aromatic rings. The van der Waals surface area contributed by atoms with E-state index in [1.807, 2.05) is 30.3 Å². The van der Waals surface area contributed by atoms with E-state index in [-0.39, 0.29) is 12.4 Å². The van der Waals surface area contributed by atoms with E-state index in [2.05, 4.69) is 29.3 Å². The number of rotatable bonds is 3. The zero-order chi connectivity index (χ0) is 13.9. The van der Waals surface area contributed by atoms with Crippen LogP contribution in [0.3, 0.4) is 0 Å². The first kappa shape index (κ1) is 15.3. The Morgan fingerprint density at radius 2 is 1.52 bits per heavy atom. The van der Waals surface area contributed by atoms with E-state index < -0.39 is 12.0 Å². The highest BCUT2D eigenvalue weighted by Crippen LogP contribution is 2.23. The predicted octanol–water partition coefficient (Wildman–Crippen LogP) is 3.81. The zero-order valence-corrected chi connectivity index (χ0v) is 12.2. The highest BCUT2D eigenvalue weighted by atomic mass is 35.5. The van der Waals surface area contributed by atoms with Crippen molar-refractivity contribution < 1.29 is 9.90 Å². The second-order valence-corrected chi connectivity index (χ2v) is 4.91. The van der Waals surface area contributed by atoms with Gasteiger partial charge in [-0.25, -0.2) is 4.79 Å². The predicted molar refractivity (Wildman–Crippen MR) is 86.3 cm³/mol. The average molecular weight is 302 g/mol. The normalized spacial score (nSPS) is 17.0. The smallest absolute Gasteiger partial charge is 0.328 e. The number of carboxylic acid groups (broad SMARTS) is 1. The van der Waals surface area contributed by atoms with E-state index in [1.54, 1.807) is 0 Å². The van der Waals surface area contributed by atoms with Gasteiger partial charge in [-0.3, -0.25) is 4.99 Å². The van der Waals surface area contributed by atoms with Gasteiger partial charge in [-0.1, -0.05) is 54.6 Å². The summed E-state index contributed by atoms with van der Waals surface area (Å²) in [6.07, 6.45) is 1.34. The third-order valence-corrected chi connectivity index (χ3v) is 3.58. The molecule has 1 N–H and O–H groups in total. The first-order valence-electron chi connectivity index (χ1n) is 6.69. The number of aliphatic imine (C=N–C) groups is 1. The Morgan fingerprint density at radius 1 is 0.952 bits per heavy atom. The Kier molecular flexibility index (Phi) is 4.76. The summed E-state index contributed by atoms with van der Waals surface area (Å²) >= 11 is 0. The van der Waals surface area contributed by atoms with Gasteiger partial charge in [-0.05, 0) is 29.5 Å². The molecule has 108 valence electrons. The van der Waals surface area contributed by atoms with Gasteiger partial charge in [0, 0.05) is 5.71 Å². The molecule has 1 heterocycles. The lowest BCUT2D eigenvalue weighted by atomic mass is 10.0. The summed E-state index contributed by atoms with van der Waals surface area (Å²) in [4.78, 5) is 15.2. The third-order valence-electron chi connectivity index (χ3n) is 3.58. The lowest BCUT2D eigenvalue weighted by Gasteiger charge is -2.04. The molecule has 1 atom stereocenters. The molecule has 21 heavy (non-hydrogen) atoms. The Labute approximate surface area is 129 Å². The molecule has 0 fully saturated rings. The van der Waals surface area contributed by atoms with E-state index in [1.165, 1.54) is 5.56 Å². The van der Waals surface area contributed by atoms with Crippen molar-refractivity contribution in [2.45, 2.75) is 18.9 Å². The molecule has 0 radical (unpaired) electrons. The summed E-state index contributed by atoms with van der Waals surface area (Å²) in [7, 11) is 0. The summed E-state index contributed by atoms with van der Waals surface area (Å²) in [5.41, 5.74) is 4.25. The maximum Gasteiger partial charge on any atom is 0.328 e. The molecule has 2 aromatic carbocycles. The molecule has 1 aliphatic rings. The van der Waals surface area contributed by atoms with Crippen LogP contribution in [0.25, 0.3) is 11.1 Å². The van der Waals surface area contributed by atoms with Crippen LogP contribution >= 0.6 is 12.4 Å². The molecule has 0 bridgehead atoms. The number of halogens is 1. The van der Waals surface area contributed by atoms with Crippen molar-refractivity contribution in [2.75, 3.05) is 0 Å². The maximum atomic E-state index is 10.9. The topological polar surface area (TPSA) is 49.7 Å². The molecular formula is C17H16ClNO2. The lowest BCUT2D eigenvalue weighted by Crippen LogP contribution is -2.13. The number of carbonyl (C=O) groups is 1. The summed E-state index contributed by atoms with van der Waals surface area (Å²) < 4.78 is 0. The number of nitrogens with zero attached hydrogens (tertiary/aromatic N) is 1. The summed E-state index contributed by atoms with van der Waals surface area (Å²) in [5, 5.41) is 8.96. The monoisotopic (exact) mass is 301 g/mol. The molecule has 0 aromatic heterocycles. The zero-order valence-electron chi connectivity index (χ0n) is 11.4. The van der Waals surface area contributed by atoms with Crippen molar-refractivity contribution in [3.63, 3.8) is 0 Å². The molecule has 0 aliphatic carbocycles. The largest absolute Gasteiger partial charge is 0.480 e. The Balaban J connectivity index is 0.00000161. The van der Waals surface area contributed by atoms with Crippen molar-refractivity contribution in [1.82, 2.24) is 0 Å². The summed E-state index contributed by atoms with van der Waals surface area (Å²) in [5.74, 6) is -0.832. The quantitative estimate of drug-likeness (QED) is 0.937. The van der Waals surface area contributed by atoms with Gasteiger partial charge >= 0.3 is 5.97 Å². The second-order valence-electron chi connectivity index (χ2n) is 4.91. The Hall–Kier alpha value is -2.13. The van der Waals surface area contributed by atoms with Crippen LogP contribution in [0.1, 0.15) is 18.4 Å². The fraction of sp³-hybridized carbons (Fsp3) is 0.176. The van der Waals surface area contributed by atoms with Gasteiger partial charge in [-0.2, -0.15) is 0 Å². The van der Waals surface area contributed by atoms with E-state index in [4.69, 9.17) is 5.11 Å². The van der Waals surface area contributed by atoms with Crippen LogP contribution in [-0.2, 0) is 4.79 Å².